The summed E-state index contributed by atoms with van der Waals surface area (Å²) in [5, 5.41) is 0.919. The van der Waals surface area contributed by atoms with Crippen LogP contribution in [0.5, 0.6) is 5.75 Å². The van der Waals surface area contributed by atoms with Crippen LogP contribution in [0.2, 0.25) is 0 Å². The second-order valence-electron chi connectivity index (χ2n) is 3.47. The van der Waals surface area contributed by atoms with Gasteiger partial charge in [-0.2, -0.15) is 0 Å². The molecule has 0 bridgehead atoms. The van der Waals surface area contributed by atoms with Crippen LogP contribution in [0.15, 0.2) is 29.3 Å². The third-order valence-electron chi connectivity index (χ3n) is 2.21. The number of hydrogen-bond donors (Lipinski definition) is 0. The van der Waals surface area contributed by atoms with E-state index in [9.17, 15) is 0 Å². The Morgan fingerprint density at radius 2 is 2.00 bits per heavy atom. The molecule has 2 heteroatoms. The molecule has 1 nitrogen and oxygen atoms in total. The summed E-state index contributed by atoms with van der Waals surface area (Å²) in [6.07, 6.45) is 5.29. The van der Waals surface area contributed by atoms with Gasteiger partial charge in [-0.3, -0.25) is 0 Å². The van der Waals surface area contributed by atoms with E-state index in [1.807, 2.05) is 30.3 Å². The molecule has 1 rings (SSSR count). The standard InChI is InChI=1S/C13H17ClO/c1-3-4-5-12(14)10-11-6-8-13(15-2)9-7-11/h6-10H,3-5H2,1-2H3/b12-10-. The molecular weight excluding hydrogens is 208 g/mol. The highest BCUT2D eigenvalue weighted by molar-refractivity contribution is 6.31. The number of halogens is 1. The van der Waals surface area contributed by atoms with Gasteiger partial charge in [-0.05, 0) is 36.6 Å². The Kier molecular flexibility index (Phi) is 5.27. The van der Waals surface area contributed by atoms with Gasteiger partial charge in [0.2, 0.25) is 0 Å². The largest absolute Gasteiger partial charge is 0.497 e. The van der Waals surface area contributed by atoms with Gasteiger partial charge >= 0.3 is 0 Å². The highest BCUT2D eigenvalue weighted by Gasteiger charge is 1.94. The molecule has 0 amide bonds. The molecule has 0 fully saturated rings. The maximum atomic E-state index is 6.10. The average Bonchev–Trinajstić information content (AvgIpc) is 2.27. The maximum absolute atomic E-state index is 6.10. The zero-order chi connectivity index (χ0) is 11.1. The summed E-state index contributed by atoms with van der Waals surface area (Å²) in [6, 6.07) is 7.89. The summed E-state index contributed by atoms with van der Waals surface area (Å²) in [6.45, 7) is 2.16. The number of methoxy groups -OCH3 is 1. The molecule has 82 valence electrons. The fourth-order valence-corrected chi connectivity index (χ4v) is 1.56. The van der Waals surface area contributed by atoms with Gasteiger partial charge in [0.15, 0.2) is 0 Å². The molecule has 0 aromatic heterocycles. The molecule has 0 unspecified atom stereocenters. The number of benzene rings is 1. The third kappa shape index (κ3) is 4.39. The lowest BCUT2D eigenvalue weighted by atomic mass is 10.1. The first-order valence-corrected chi connectivity index (χ1v) is 5.64. The van der Waals surface area contributed by atoms with Crippen molar-refractivity contribution in [3.63, 3.8) is 0 Å². The Labute approximate surface area is 96.7 Å². The molecule has 0 N–H and O–H groups in total. The topological polar surface area (TPSA) is 9.23 Å². The van der Waals surface area contributed by atoms with Crippen molar-refractivity contribution in [1.82, 2.24) is 0 Å². The van der Waals surface area contributed by atoms with E-state index >= 15 is 0 Å². The summed E-state index contributed by atoms with van der Waals surface area (Å²) < 4.78 is 5.09. The first-order chi connectivity index (χ1) is 7.26. The van der Waals surface area contributed by atoms with Gasteiger partial charge < -0.3 is 4.74 Å². The second-order valence-corrected chi connectivity index (χ2v) is 3.95. The molecule has 0 saturated carbocycles. The quantitative estimate of drug-likeness (QED) is 0.717. The van der Waals surface area contributed by atoms with Crippen molar-refractivity contribution in [2.45, 2.75) is 26.2 Å². The fraction of sp³-hybridized carbons (Fsp3) is 0.385. The molecule has 0 aliphatic carbocycles. The third-order valence-corrected chi connectivity index (χ3v) is 2.51. The van der Waals surface area contributed by atoms with Crippen LogP contribution in [0.3, 0.4) is 0 Å². The van der Waals surface area contributed by atoms with E-state index in [1.54, 1.807) is 7.11 Å². The molecular formula is C13H17ClO. The number of hydrogen-bond acceptors (Lipinski definition) is 1. The lowest BCUT2D eigenvalue weighted by Gasteiger charge is -2.00. The van der Waals surface area contributed by atoms with Crippen molar-refractivity contribution in [3.05, 3.63) is 34.9 Å². The van der Waals surface area contributed by atoms with E-state index in [1.165, 1.54) is 6.42 Å². The number of unbranched alkanes of at least 4 members (excludes halogenated alkanes) is 1. The van der Waals surface area contributed by atoms with Gasteiger partial charge in [-0.25, -0.2) is 0 Å². The summed E-state index contributed by atoms with van der Waals surface area (Å²) in [7, 11) is 1.67. The highest BCUT2D eigenvalue weighted by atomic mass is 35.5. The van der Waals surface area contributed by atoms with Gasteiger partial charge in [0.05, 0.1) is 7.11 Å². The van der Waals surface area contributed by atoms with Crippen LogP contribution in [0.4, 0.5) is 0 Å². The summed E-state index contributed by atoms with van der Waals surface area (Å²) in [5.74, 6) is 0.872. The zero-order valence-corrected chi connectivity index (χ0v) is 10.1. The number of rotatable bonds is 5. The highest BCUT2D eigenvalue weighted by Crippen LogP contribution is 2.18. The predicted octanol–water partition coefficient (Wildman–Crippen LogP) is 4.47. The van der Waals surface area contributed by atoms with Crippen molar-refractivity contribution in [1.29, 1.82) is 0 Å². The Morgan fingerprint density at radius 3 is 2.53 bits per heavy atom. The van der Waals surface area contributed by atoms with Crippen molar-refractivity contribution < 1.29 is 4.74 Å². The van der Waals surface area contributed by atoms with E-state index < -0.39 is 0 Å². The van der Waals surface area contributed by atoms with Gasteiger partial charge in [0.25, 0.3) is 0 Å². The molecule has 0 spiro atoms. The molecule has 0 aliphatic heterocycles. The van der Waals surface area contributed by atoms with Crippen molar-refractivity contribution in [3.8, 4) is 5.75 Å². The lowest BCUT2D eigenvalue weighted by Crippen LogP contribution is -1.82. The van der Waals surface area contributed by atoms with Crippen LogP contribution in [0.25, 0.3) is 6.08 Å². The first kappa shape index (κ1) is 12.1. The minimum absolute atomic E-state index is 0.872. The molecule has 15 heavy (non-hydrogen) atoms. The predicted molar refractivity (Wildman–Crippen MR) is 66.3 cm³/mol. The monoisotopic (exact) mass is 224 g/mol. The molecule has 0 atom stereocenters. The molecule has 0 saturated heterocycles. The van der Waals surface area contributed by atoms with Crippen LogP contribution in [0.1, 0.15) is 31.7 Å². The first-order valence-electron chi connectivity index (χ1n) is 5.26. The Morgan fingerprint density at radius 1 is 1.33 bits per heavy atom. The van der Waals surface area contributed by atoms with Crippen LogP contribution in [-0.2, 0) is 0 Å². The van der Waals surface area contributed by atoms with Gasteiger partial charge in [0, 0.05) is 5.03 Å². The second kappa shape index (κ2) is 6.52. The molecule has 0 heterocycles. The molecule has 1 aromatic rings. The van der Waals surface area contributed by atoms with Gasteiger partial charge in [-0.15, -0.1) is 0 Å². The maximum Gasteiger partial charge on any atom is 0.118 e. The van der Waals surface area contributed by atoms with Crippen molar-refractivity contribution in [2.24, 2.45) is 0 Å². The smallest absolute Gasteiger partial charge is 0.118 e. The number of ether oxygens (including phenoxy) is 1. The van der Waals surface area contributed by atoms with E-state index in [0.717, 1.165) is 29.2 Å². The lowest BCUT2D eigenvalue weighted by molar-refractivity contribution is 0.415. The Hall–Kier alpha value is -0.950. The van der Waals surface area contributed by atoms with Crippen LogP contribution in [-0.4, -0.2) is 7.11 Å². The Balaban J connectivity index is 2.62. The minimum Gasteiger partial charge on any atom is -0.497 e. The van der Waals surface area contributed by atoms with E-state index in [0.29, 0.717) is 0 Å². The van der Waals surface area contributed by atoms with Crippen molar-refractivity contribution in [2.75, 3.05) is 7.11 Å². The molecule has 1 aromatic carbocycles. The SMILES string of the molecule is CCCC/C(Cl)=C/c1ccc(OC)cc1. The fourth-order valence-electron chi connectivity index (χ4n) is 1.30. The van der Waals surface area contributed by atoms with E-state index in [4.69, 9.17) is 16.3 Å². The average molecular weight is 225 g/mol. The Bertz CT molecular complexity index is 314. The zero-order valence-electron chi connectivity index (χ0n) is 9.29. The van der Waals surface area contributed by atoms with Crippen LogP contribution >= 0.6 is 11.6 Å². The molecule has 0 aliphatic rings. The summed E-state index contributed by atoms with van der Waals surface area (Å²) in [5.41, 5.74) is 1.12. The van der Waals surface area contributed by atoms with E-state index in [2.05, 4.69) is 6.92 Å². The summed E-state index contributed by atoms with van der Waals surface area (Å²) in [4.78, 5) is 0. The van der Waals surface area contributed by atoms with Gasteiger partial charge in [-0.1, -0.05) is 37.1 Å². The minimum atomic E-state index is 0.872. The summed E-state index contributed by atoms with van der Waals surface area (Å²) >= 11 is 6.10. The molecule has 0 radical (unpaired) electrons. The van der Waals surface area contributed by atoms with Crippen molar-refractivity contribution >= 4 is 17.7 Å². The normalized spacial score (nSPS) is 11.5. The number of allylic oxidation sites excluding steroid dienone is 1. The van der Waals surface area contributed by atoms with Crippen LogP contribution in [0, 0.1) is 0 Å². The van der Waals surface area contributed by atoms with Crippen LogP contribution < -0.4 is 4.74 Å². The van der Waals surface area contributed by atoms with E-state index in [-0.39, 0.29) is 0 Å². The van der Waals surface area contributed by atoms with Gasteiger partial charge in [0.1, 0.15) is 5.75 Å².